The van der Waals surface area contributed by atoms with E-state index in [-0.39, 0.29) is 5.69 Å². The van der Waals surface area contributed by atoms with Crippen molar-refractivity contribution in [3.05, 3.63) is 35.0 Å². The highest BCUT2D eigenvalue weighted by atomic mass is 16.5. The third-order valence-electron chi connectivity index (χ3n) is 3.35. The molecule has 0 atom stereocenters. The van der Waals surface area contributed by atoms with Gasteiger partial charge in [0.1, 0.15) is 0 Å². The van der Waals surface area contributed by atoms with Gasteiger partial charge in [-0.25, -0.2) is 9.48 Å². The molecule has 2 aromatic rings. The summed E-state index contributed by atoms with van der Waals surface area (Å²) in [5.74, 6) is 0.710. The van der Waals surface area contributed by atoms with Gasteiger partial charge < -0.3 is 4.74 Å². The molecule has 2 aromatic heterocycles. The standard InChI is InChI=1S/C14H18N4O2/c1-2-20-9-8-17-14(19)18(12-5-6-12)13(16-17)11-4-3-7-15-10-11/h3-4,7,10,12H,2,5-6,8-9H2,1H3. The maximum absolute atomic E-state index is 12.4. The van der Waals surface area contributed by atoms with Crippen molar-refractivity contribution in [2.75, 3.05) is 13.2 Å². The highest BCUT2D eigenvalue weighted by Crippen LogP contribution is 2.36. The molecule has 6 nitrogen and oxygen atoms in total. The third kappa shape index (κ3) is 2.51. The molecule has 3 rings (SSSR count). The maximum atomic E-state index is 12.4. The van der Waals surface area contributed by atoms with Crippen LogP contribution in [0.25, 0.3) is 11.4 Å². The average molecular weight is 274 g/mol. The van der Waals surface area contributed by atoms with Crippen molar-refractivity contribution in [2.45, 2.75) is 32.4 Å². The second kappa shape index (κ2) is 5.58. The first-order valence-electron chi connectivity index (χ1n) is 6.98. The summed E-state index contributed by atoms with van der Waals surface area (Å²) in [6.45, 7) is 3.57. The molecule has 106 valence electrons. The van der Waals surface area contributed by atoms with Crippen LogP contribution in [0, 0.1) is 0 Å². The topological polar surface area (TPSA) is 61.9 Å². The van der Waals surface area contributed by atoms with Crippen molar-refractivity contribution < 1.29 is 4.74 Å². The molecule has 0 unspecified atom stereocenters. The molecular formula is C14H18N4O2. The number of nitrogens with zero attached hydrogens (tertiary/aromatic N) is 4. The molecule has 0 radical (unpaired) electrons. The Morgan fingerprint density at radius 1 is 1.45 bits per heavy atom. The van der Waals surface area contributed by atoms with Crippen LogP contribution in [0.2, 0.25) is 0 Å². The summed E-state index contributed by atoms with van der Waals surface area (Å²) < 4.78 is 8.59. The van der Waals surface area contributed by atoms with Gasteiger partial charge in [0.05, 0.1) is 13.2 Å². The van der Waals surface area contributed by atoms with E-state index in [2.05, 4.69) is 10.1 Å². The molecule has 1 fully saturated rings. The van der Waals surface area contributed by atoms with Gasteiger partial charge in [0.2, 0.25) is 0 Å². The summed E-state index contributed by atoms with van der Waals surface area (Å²) in [6.07, 6.45) is 5.55. The second-order valence-corrected chi connectivity index (χ2v) is 4.87. The van der Waals surface area contributed by atoms with Crippen molar-refractivity contribution >= 4 is 0 Å². The van der Waals surface area contributed by atoms with E-state index in [1.165, 1.54) is 4.68 Å². The zero-order valence-corrected chi connectivity index (χ0v) is 11.5. The number of pyridine rings is 1. The van der Waals surface area contributed by atoms with Gasteiger partial charge in [-0.1, -0.05) is 0 Å². The van der Waals surface area contributed by atoms with Crippen molar-refractivity contribution in [1.29, 1.82) is 0 Å². The first-order chi connectivity index (χ1) is 9.81. The van der Waals surface area contributed by atoms with E-state index in [4.69, 9.17) is 4.74 Å². The van der Waals surface area contributed by atoms with Gasteiger partial charge in [0.25, 0.3) is 0 Å². The van der Waals surface area contributed by atoms with Crippen LogP contribution in [0.1, 0.15) is 25.8 Å². The first kappa shape index (κ1) is 13.1. The average Bonchev–Trinajstić information content (AvgIpc) is 3.26. The van der Waals surface area contributed by atoms with Crippen molar-refractivity contribution in [3.8, 4) is 11.4 Å². The summed E-state index contributed by atoms with van der Waals surface area (Å²) in [5, 5.41) is 4.46. The van der Waals surface area contributed by atoms with E-state index in [1.807, 2.05) is 19.1 Å². The molecule has 2 heterocycles. The van der Waals surface area contributed by atoms with Gasteiger partial charge in [0.15, 0.2) is 5.82 Å². The Morgan fingerprint density at radius 3 is 2.95 bits per heavy atom. The van der Waals surface area contributed by atoms with Crippen molar-refractivity contribution in [1.82, 2.24) is 19.3 Å². The molecule has 0 aliphatic heterocycles. The number of aromatic nitrogens is 4. The molecule has 1 aliphatic carbocycles. The molecule has 1 aliphatic rings. The molecule has 0 bridgehead atoms. The van der Waals surface area contributed by atoms with Crippen LogP contribution >= 0.6 is 0 Å². The Kier molecular flexibility index (Phi) is 3.64. The SMILES string of the molecule is CCOCCn1nc(-c2cccnc2)n(C2CC2)c1=O. The second-order valence-electron chi connectivity index (χ2n) is 4.87. The van der Waals surface area contributed by atoms with E-state index in [0.29, 0.717) is 31.6 Å². The monoisotopic (exact) mass is 274 g/mol. The van der Waals surface area contributed by atoms with Crippen LogP contribution in [0.3, 0.4) is 0 Å². The van der Waals surface area contributed by atoms with Crippen LogP contribution in [0.4, 0.5) is 0 Å². The minimum absolute atomic E-state index is 0.0499. The molecule has 1 saturated carbocycles. The van der Waals surface area contributed by atoms with Gasteiger partial charge in [0, 0.05) is 30.6 Å². The van der Waals surface area contributed by atoms with E-state index >= 15 is 0 Å². The predicted molar refractivity (Wildman–Crippen MR) is 74.5 cm³/mol. The van der Waals surface area contributed by atoms with E-state index < -0.39 is 0 Å². The Bertz CT molecular complexity index is 628. The number of hydrogen-bond donors (Lipinski definition) is 0. The molecule has 0 spiro atoms. The Balaban J connectivity index is 1.96. The zero-order valence-electron chi connectivity index (χ0n) is 11.5. The Labute approximate surface area is 117 Å². The normalized spacial score (nSPS) is 14.7. The van der Waals surface area contributed by atoms with E-state index in [1.54, 1.807) is 17.0 Å². The summed E-state index contributed by atoms with van der Waals surface area (Å²) in [4.78, 5) is 16.5. The minimum atomic E-state index is -0.0499. The molecule has 0 saturated heterocycles. The van der Waals surface area contributed by atoms with Crippen LogP contribution in [0.5, 0.6) is 0 Å². The zero-order chi connectivity index (χ0) is 13.9. The fraction of sp³-hybridized carbons (Fsp3) is 0.500. The Morgan fingerprint density at radius 2 is 2.30 bits per heavy atom. The van der Waals surface area contributed by atoms with Crippen LogP contribution < -0.4 is 5.69 Å². The van der Waals surface area contributed by atoms with Gasteiger partial charge >= 0.3 is 5.69 Å². The van der Waals surface area contributed by atoms with Gasteiger partial charge in [-0.15, -0.1) is 5.10 Å². The molecule has 6 heteroatoms. The van der Waals surface area contributed by atoms with Crippen LogP contribution in [-0.2, 0) is 11.3 Å². The largest absolute Gasteiger partial charge is 0.380 e. The lowest BCUT2D eigenvalue weighted by atomic mass is 10.3. The number of hydrogen-bond acceptors (Lipinski definition) is 4. The highest BCUT2D eigenvalue weighted by molar-refractivity contribution is 5.53. The lowest BCUT2D eigenvalue weighted by Crippen LogP contribution is -2.26. The fourth-order valence-corrected chi connectivity index (χ4v) is 2.21. The smallest absolute Gasteiger partial charge is 0.346 e. The summed E-state index contributed by atoms with van der Waals surface area (Å²) in [5.41, 5.74) is 0.831. The highest BCUT2D eigenvalue weighted by Gasteiger charge is 2.30. The van der Waals surface area contributed by atoms with Crippen LogP contribution in [-0.4, -0.2) is 32.5 Å². The lowest BCUT2D eigenvalue weighted by Gasteiger charge is -2.02. The number of rotatable bonds is 6. The van der Waals surface area contributed by atoms with E-state index in [0.717, 1.165) is 18.4 Å². The summed E-state index contributed by atoms with van der Waals surface area (Å²) in [7, 11) is 0. The van der Waals surface area contributed by atoms with Crippen molar-refractivity contribution in [3.63, 3.8) is 0 Å². The lowest BCUT2D eigenvalue weighted by molar-refractivity contribution is 0.135. The van der Waals surface area contributed by atoms with Gasteiger partial charge in [-0.3, -0.25) is 9.55 Å². The maximum Gasteiger partial charge on any atom is 0.346 e. The van der Waals surface area contributed by atoms with E-state index in [9.17, 15) is 4.79 Å². The molecule has 20 heavy (non-hydrogen) atoms. The quantitative estimate of drug-likeness (QED) is 0.748. The Hall–Kier alpha value is -1.95. The fourth-order valence-electron chi connectivity index (χ4n) is 2.21. The molecular weight excluding hydrogens is 256 g/mol. The summed E-state index contributed by atoms with van der Waals surface area (Å²) >= 11 is 0. The minimum Gasteiger partial charge on any atom is -0.380 e. The van der Waals surface area contributed by atoms with Crippen molar-refractivity contribution in [2.24, 2.45) is 0 Å². The summed E-state index contributed by atoms with van der Waals surface area (Å²) in [6, 6.07) is 4.08. The molecule has 0 amide bonds. The van der Waals surface area contributed by atoms with Gasteiger partial charge in [-0.2, -0.15) is 0 Å². The predicted octanol–water partition coefficient (Wildman–Crippen LogP) is 1.48. The first-order valence-corrected chi connectivity index (χ1v) is 6.98. The van der Waals surface area contributed by atoms with Gasteiger partial charge in [-0.05, 0) is 31.9 Å². The van der Waals surface area contributed by atoms with Crippen LogP contribution in [0.15, 0.2) is 29.3 Å². The number of ether oxygens (including phenoxy) is 1. The molecule has 0 aromatic carbocycles. The molecule has 0 N–H and O–H groups in total. The third-order valence-corrected chi connectivity index (χ3v) is 3.35.